The summed E-state index contributed by atoms with van der Waals surface area (Å²) in [5.41, 5.74) is 0.574. The highest BCUT2D eigenvalue weighted by Gasteiger charge is 2.21. The number of nitrogens with one attached hydrogen (secondary N) is 1. The summed E-state index contributed by atoms with van der Waals surface area (Å²) in [7, 11) is 2.06. The van der Waals surface area contributed by atoms with Gasteiger partial charge < -0.3 is 14.8 Å². The first-order valence-electron chi connectivity index (χ1n) is 4.98. The number of rotatable bonds is 1. The Morgan fingerprint density at radius 3 is 2.60 bits per heavy atom. The first kappa shape index (κ1) is 10.5. The average Bonchev–Trinajstić information content (AvgIpc) is 2.65. The second-order valence-electron chi connectivity index (χ2n) is 3.83. The molecule has 0 aromatic carbocycles. The quantitative estimate of drug-likeness (QED) is 0.779. The van der Waals surface area contributed by atoms with Crippen LogP contribution in [0.4, 0.5) is 0 Å². The molecule has 0 unspecified atom stereocenters. The largest absolute Gasteiger partial charge is 0.356 e. The lowest BCUT2D eigenvalue weighted by Gasteiger charge is -2.32. The van der Waals surface area contributed by atoms with Gasteiger partial charge in [-0.15, -0.1) is 0 Å². The summed E-state index contributed by atoms with van der Waals surface area (Å²) in [5.74, 6) is 0.0370. The Hall–Kier alpha value is -1.00. The van der Waals surface area contributed by atoms with Gasteiger partial charge in [-0.3, -0.25) is 4.79 Å². The minimum Gasteiger partial charge on any atom is -0.356 e. The third kappa shape index (κ3) is 2.33. The molecule has 1 aliphatic rings. The van der Waals surface area contributed by atoms with E-state index in [0.29, 0.717) is 10.7 Å². The molecule has 1 aliphatic heterocycles. The van der Waals surface area contributed by atoms with Crippen molar-refractivity contribution in [1.29, 1.82) is 0 Å². The number of H-pyrrole nitrogens is 1. The topological polar surface area (TPSA) is 39.3 Å². The summed E-state index contributed by atoms with van der Waals surface area (Å²) < 4.78 is 0. The molecular weight excluding hydrogens is 214 g/mol. The van der Waals surface area contributed by atoms with E-state index < -0.39 is 0 Å². The lowest BCUT2D eigenvalue weighted by atomic mass is 10.3. The van der Waals surface area contributed by atoms with Gasteiger partial charge in [-0.05, 0) is 13.1 Å². The van der Waals surface area contributed by atoms with Gasteiger partial charge in [-0.25, -0.2) is 0 Å². The molecule has 0 bridgehead atoms. The fourth-order valence-corrected chi connectivity index (χ4v) is 1.83. The summed E-state index contributed by atoms with van der Waals surface area (Å²) in [4.78, 5) is 18.9. The van der Waals surface area contributed by atoms with Gasteiger partial charge in [0.25, 0.3) is 5.91 Å². The van der Waals surface area contributed by atoms with Crippen molar-refractivity contribution in [3.63, 3.8) is 0 Å². The van der Waals surface area contributed by atoms with E-state index >= 15 is 0 Å². The predicted molar refractivity (Wildman–Crippen MR) is 59.2 cm³/mol. The highest BCUT2D eigenvalue weighted by atomic mass is 35.5. The van der Waals surface area contributed by atoms with Gasteiger partial charge in [-0.1, -0.05) is 11.6 Å². The number of aromatic amines is 1. The third-order valence-electron chi connectivity index (χ3n) is 2.67. The zero-order valence-electron chi connectivity index (χ0n) is 8.66. The Morgan fingerprint density at radius 1 is 1.40 bits per heavy atom. The molecule has 0 saturated carbocycles. The van der Waals surface area contributed by atoms with E-state index in [4.69, 9.17) is 11.6 Å². The predicted octanol–water partition coefficient (Wildman–Crippen LogP) is 1.06. The van der Waals surface area contributed by atoms with Crippen molar-refractivity contribution in [2.75, 3.05) is 33.2 Å². The zero-order valence-corrected chi connectivity index (χ0v) is 9.42. The summed E-state index contributed by atoms with van der Waals surface area (Å²) in [6.45, 7) is 3.43. The standard InChI is InChI=1S/C10H14ClN3O/c1-13-2-4-14(5-3-13)10(15)9-6-8(11)7-12-9/h6-7,12H,2-5H2,1H3. The molecule has 1 saturated heterocycles. The molecule has 0 spiro atoms. The van der Waals surface area contributed by atoms with Gasteiger partial charge in [-0.2, -0.15) is 0 Å². The highest BCUT2D eigenvalue weighted by molar-refractivity contribution is 6.30. The van der Waals surface area contributed by atoms with Gasteiger partial charge in [0, 0.05) is 32.4 Å². The highest BCUT2D eigenvalue weighted by Crippen LogP contribution is 2.12. The Bertz CT molecular complexity index is 355. The number of hydrogen-bond donors (Lipinski definition) is 1. The number of carbonyl (C=O) groups excluding carboxylic acids is 1. The summed E-state index contributed by atoms with van der Waals surface area (Å²) in [5, 5.41) is 0.576. The fraction of sp³-hybridized carbons (Fsp3) is 0.500. The second kappa shape index (κ2) is 4.24. The number of hydrogen-bond acceptors (Lipinski definition) is 2. The lowest BCUT2D eigenvalue weighted by Crippen LogP contribution is -2.47. The molecule has 1 aromatic heterocycles. The van der Waals surface area contributed by atoms with E-state index in [1.54, 1.807) is 12.3 Å². The molecule has 15 heavy (non-hydrogen) atoms. The maximum atomic E-state index is 11.9. The monoisotopic (exact) mass is 227 g/mol. The molecule has 1 amide bonds. The van der Waals surface area contributed by atoms with E-state index in [1.165, 1.54) is 0 Å². The second-order valence-corrected chi connectivity index (χ2v) is 4.26. The number of aromatic nitrogens is 1. The molecule has 5 heteroatoms. The Morgan fingerprint density at radius 2 is 2.07 bits per heavy atom. The van der Waals surface area contributed by atoms with Crippen LogP contribution in [-0.2, 0) is 0 Å². The van der Waals surface area contributed by atoms with Crippen molar-refractivity contribution >= 4 is 17.5 Å². The molecule has 0 atom stereocenters. The summed E-state index contributed by atoms with van der Waals surface area (Å²) in [6, 6.07) is 1.67. The Labute approximate surface area is 93.8 Å². The summed E-state index contributed by atoms with van der Waals surface area (Å²) >= 11 is 5.76. The SMILES string of the molecule is CN1CCN(C(=O)c2cc(Cl)c[nH]2)CC1. The number of piperazine rings is 1. The fourth-order valence-electron chi connectivity index (χ4n) is 1.67. The average molecular weight is 228 g/mol. The van der Waals surface area contributed by atoms with E-state index in [9.17, 15) is 4.79 Å². The molecule has 82 valence electrons. The molecule has 0 aliphatic carbocycles. The van der Waals surface area contributed by atoms with Crippen LogP contribution in [0.2, 0.25) is 5.02 Å². The van der Waals surface area contributed by atoms with Crippen molar-refractivity contribution in [2.24, 2.45) is 0 Å². The van der Waals surface area contributed by atoms with Crippen LogP contribution >= 0.6 is 11.6 Å². The first-order chi connectivity index (χ1) is 7.16. The van der Waals surface area contributed by atoms with Crippen LogP contribution < -0.4 is 0 Å². The van der Waals surface area contributed by atoms with Crippen molar-refractivity contribution in [3.05, 3.63) is 23.0 Å². The minimum atomic E-state index is 0.0370. The van der Waals surface area contributed by atoms with Crippen molar-refractivity contribution in [1.82, 2.24) is 14.8 Å². The number of carbonyl (C=O) groups is 1. The maximum Gasteiger partial charge on any atom is 0.270 e. The van der Waals surface area contributed by atoms with Gasteiger partial charge in [0.2, 0.25) is 0 Å². The molecule has 1 aromatic rings. The number of likely N-dealkylation sites (N-methyl/N-ethyl adjacent to an activating group) is 1. The van der Waals surface area contributed by atoms with Crippen LogP contribution in [0.3, 0.4) is 0 Å². The Kier molecular flexibility index (Phi) is 2.98. The Balaban J connectivity index is 2.02. The summed E-state index contributed by atoms with van der Waals surface area (Å²) in [6.07, 6.45) is 1.63. The van der Waals surface area contributed by atoms with Gasteiger partial charge in [0.1, 0.15) is 5.69 Å². The van der Waals surface area contributed by atoms with Crippen molar-refractivity contribution in [2.45, 2.75) is 0 Å². The molecule has 2 rings (SSSR count). The molecule has 2 heterocycles. The number of nitrogens with zero attached hydrogens (tertiary/aromatic N) is 2. The maximum absolute atomic E-state index is 11.9. The molecular formula is C10H14ClN3O. The molecule has 4 nitrogen and oxygen atoms in total. The molecule has 1 fully saturated rings. The van der Waals surface area contributed by atoms with Gasteiger partial charge >= 0.3 is 0 Å². The number of halogens is 1. The van der Waals surface area contributed by atoms with Gasteiger partial charge in [0.05, 0.1) is 5.02 Å². The zero-order chi connectivity index (χ0) is 10.8. The van der Waals surface area contributed by atoms with E-state index in [2.05, 4.69) is 16.9 Å². The van der Waals surface area contributed by atoms with Crippen LogP contribution in [0, 0.1) is 0 Å². The van der Waals surface area contributed by atoms with Crippen molar-refractivity contribution < 1.29 is 4.79 Å². The molecule has 1 N–H and O–H groups in total. The normalized spacial score (nSPS) is 18.1. The first-order valence-corrected chi connectivity index (χ1v) is 5.36. The van der Waals surface area contributed by atoms with E-state index in [0.717, 1.165) is 26.2 Å². The van der Waals surface area contributed by atoms with Gasteiger partial charge in [0.15, 0.2) is 0 Å². The molecule has 0 radical (unpaired) electrons. The number of amides is 1. The van der Waals surface area contributed by atoms with Crippen LogP contribution in [0.1, 0.15) is 10.5 Å². The van der Waals surface area contributed by atoms with Crippen molar-refractivity contribution in [3.8, 4) is 0 Å². The van der Waals surface area contributed by atoms with E-state index in [-0.39, 0.29) is 5.91 Å². The van der Waals surface area contributed by atoms with E-state index in [1.807, 2.05) is 4.90 Å². The van der Waals surface area contributed by atoms with Crippen LogP contribution in [0.5, 0.6) is 0 Å². The van der Waals surface area contributed by atoms with Crippen LogP contribution in [-0.4, -0.2) is 53.9 Å². The lowest BCUT2D eigenvalue weighted by molar-refractivity contribution is 0.0659. The van der Waals surface area contributed by atoms with Crippen LogP contribution in [0.15, 0.2) is 12.3 Å². The minimum absolute atomic E-state index is 0.0370. The third-order valence-corrected chi connectivity index (χ3v) is 2.89. The smallest absolute Gasteiger partial charge is 0.270 e. The van der Waals surface area contributed by atoms with Crippen LogP contribution in [0.25, 0.3) is 0 Å².